The van der Waals surface area contributed by atoms with Gasteiger partial charge in [-0.25, -0.2) is 10.1 Å². The van der Waals surface area contributed by atoms with E-state index in [0.29, 0.717) is 19.6 Å². The van der Waals surface area contributed by atoms with Crippen LogP contribution < -0.4 is 9.47 Å². The van der Waals surface area contributed by atoms with Crippen LogP contribution in [-0.4, -0.2) is 25.6 Å². The molecule has 0 aliphatic rings. The van der Waals surface area contributed by atoms with Gasteiger partial charge in [-0.15, -0.1) is 5.10 Å². The van der Waals surface area contributed by atoms with Gasteiger partial charge in [-0.2, -0.15) is 0 Å². The van der Waals surface area contributed by atoms with Gasteiger partial charge in [0.1, 0.15) is 24.7 Å². The van der Waals surface area contributed by atoms with Crippen LogP contribution in [0.5, 0.6) is 11.5 Å². The number of tetrazole rings is 1. The molecule has 0 spiro atoms. The molecule has 0 saturated heterocycles. The van der Waals surface area contributed by atoms with E-state index < -0.39 is 0 Å². The second-order valence-corrected chi connectivity index (χ2v) is 7.39. The molecule has 0 atom stereocenters. The van der Waals surface area contributed by atoms with Crippen LogP contribution >= 0.6 is 0 Å². The number of aromatic nitrogens is 5. The lowest BCUT2D eigenvalue weighted by molar-refractivity contribution is 0.298. The second kappa shape index (κ2) is 9.26. The molecule has 1 N–H and O–H groups in total. The van der Waals surface area contributed by atoms with E-state index in [-0.39, 0.29) is 0 Å². The highest BCUT2D eigenvalue weighted by Gasteiger charge is 2.03. The van der Waals surface area contributed by atoms with Crippen molar-refractivity contribution in [1.82, 2.24) is 25.6 Å². The molecule has 3 aromatic carbocycles. The van der Waals surface area contributed by atoms with Gasteiger partial charge in [-0.05, 0) is 58.0 Å². The van der Waals surface area contributed by atoms with E-state index in [1.807, 2.05) is 72.8 Å². The Labute approximate surface area is 185 Å². The topological polar surface area (TPSA) is 85.8 Å². The Morgan fingerprint density at radius 1 is 0.688 bits per heavy atom. The Morgan fingerprint density at radius 2 is 1.41 bits per heavy atom. The Balaban J connectivity index is 1.12. The van der Waals surface area contributed by atoms with Crippen LogP contribution in [0.4, 0.5) is 0 Å². The number of ether oxygens (including phenoxy) is 2. The molecule has 32 heavy (non-hydrogen) atoms. The molecular formula is C25H21N5O2. The highest BCUT2D eigenvalue weighted by Crippen LogP contribution is 2.19. The fraction of sp³-hybridized carbons (Fsp3) is 0.120. The first-order valence-electron chi connectivity index (χ1n) is 10.3. The normalized spacial score (nSPS) is 10.9. The zero-order chi connectivity index (χ0) is 21.6. The first kappa shape index (κ1) is 19.7. The summed E-state index contributed by atoms with van der Waals surface area (Å²) in [4.78, 5) is 4.64. The van der Waals surface area contributed by atoms with Crippen molar-refractivity contribution in [2.75, 3.05) is 0 Å². The lowest BCUT2D eigenvalue weighted by Gasteiger charge is -2.09. The van der Waals surface area contributed by atoms with Crippen molar-refractivity contribution in [2.24, 2.45) is 0 Å². The highest BCUT2D eigenvalue weighted by atomic mass is 16.5. The molecule has 158 valence electrons. The lowest BCUT2D eigenvalue weighted by Crippen LogP contribution is -1.99. The molecule has 0 saturated carbocycles. The van der Waals surface area contributed by atoms with Crippen LogP contribution in [0.2, 0.25) is 0 Å². The Hall–Kier alpha value is -4.26. The van der Waals surface area contributed by atoms with E-state index in [9.17, 15) is 0 Å². The largest absolute Gasteiger partial charge is 0.489 e. The molecule has 7 nitrogen and oxygen atoms in total. The molecule has 5 aromatic rings. The van der Waals surface area contributed by atoms with Crippen molar-refractivity contribution in [3.05, 3.63) is 108 Å². The predicted octanol–water partition coefficient (Wildman–Crippen LogP) is 4.50. The first-order chi connectivity index (χ1) is 15.8. The standard InChI is InChI=1S/C25H21N5O2/c1-2-4-24-20(3-1)9-10-21(26-24)17-32-23-13-7-19(8-14-23)16-31-22-11-5-18(6-12-22)15-25-27-29-30-28-25/h1-14H,15-17H2,(H,27,28,29,30). The zero-order valence-corrected chi connectivity index (χ0v) is 17.3. The number of hydrogen-bond acceptors (Lipinski definition) is 6. The maximum absolute atomic E-state index is 5.90. The number of nitrogens with zero attached hydrogens (tertiary/aromatic N) is 4. The first-order valence-corrected chi connectivity index (χ1v) is 10.3. The number of rotatable bonds is 8. The van der Waals surface area contributed by atoms with Crippen LogP contribution in [0.25, 0.3) is 10.9 Å². The van der Waals surface area contributed by atoms with Crippen molar-refractivity contribution >= 4 is 10.9 Å². The average Bonchev–Trinajstić information content (AvgIpc) is 3.36. The van der Waals surface area contributed by atoms with E-state index in [4.69, 9.17) is 9.47 Å². The van der Waals surface area contributed by atoms with Gasteiger partial charge < -0.3 is 9.47 Å². The number of pyridine rings is 1. The van der Waals surface area contributed by atoms with Gasteiger partial charge in [0, 0.05) is 11.8 Å². The molecule has 0 fully saturated rings. The van der Waals surface area contributed by atoms with Crippen LogP contribution in [0.15, 0.2) is 84.9 Å². The quantitative estimate of drug-likeness (QED) is 0.396. The molecule has 2 heterocycles. The Bertz CT molecular complexity index is 1290. The molecule has 7 heteroatoms. The van der Waals surface area contributed by atoms with Crippen molar-refractivity contribution in [3.63, 3.8) is 0 Å². The summed E-state index contributed by atoms with van der Waals surface area (Å²) in [6.07, 6.45) is 0.656. The van der Waals surface area contributed by atoms with Crippen molar-refractivity contribution in [3.8, 4) is 11.5 Å². The predicted molar refractivity (Wildman–Crippen MR) is 120 cm³/mol. The van der Waals surface area contributed by atoms with Crippen LogP contribution in [0.3, 0.4) is 0 Å². The van der Waals surface area contributed by atoms with Gasteiger partial charge in [0.2, 0.25) is 0 Å². The summed E-state index contributed by atoms with van der Waals surface area (Å²) in [5.74, 6) is 2.35. The van der Waals surface area contributed by atoms with Crippen LogP contribution in [0.1, 0.15) is 22.6 Å². The smallest absolute Gasteiger partial charge is 0.152 e. The summed E-state index contributed by atoms with van der Waals surface area (Å²) < 4.78 is 11.8. The van der Waals surface area contributed by atoms with Gasteiger partial charge in [-0.3, -0.25) is 0 Å². The minimum absolute atomic E-state index is 0.428. The third kappa shape index (κ3) is 4.89. The molecule has 0 amide bonds. The lowest BCUT2D eigenvalue weighted by atomic mass is 10.1. The van der Waals surface area contributed by atoms with Gasteiger partial charge >= 0.3 is 0 Å². The molecule has 0 aliphatic carbocycles. The fourth-order valence-electron chi connectivity index (χ4n) is 3.35. The molecule has 0 radical (unpaired) electrons. The zero-order valence-electron chi connectivity index (χ0n) is 17.3. The maximum Gasteiger partial charge on any atom is 0.152 e. The highest BCUT2D eigenvalue weighted by molar-refractivity contribution is 5.78. The summed E-state index contributed by atoms with van der Waals surface area (Å²) in [5, 5.41) is 15.0. The number of benzene rings is 3. The summed E-state index contributed by atoms with van der Waals surface area (Å²) in [5.41, 5.74) is 4.06. The van der Waals surface area contributed by atoms with Crippen molar-refractivity contribution in [2.45, 2.75) is 19.6 Å². The van der Waals surface area contributed by atoms with E-state index in [0.717, 1.165) is 45.0 Å². The summed E-state index contributed by atoms with van der Waals surface area (Å²) >= 11 is 0. The molecule has 0 bridgehead atoms. The summed E-state index contributed by atoms with van der Waals surface area (Å²) in [6.45, 7) is 0.912. The molecule has 0 unspecified atom stereocenters. The van der Waals surface area contributed by atoms with Crippen molar-refractivity contribution in [1.29, 1.82) is 0 Å². The Morgan fingerprint density at radius 3 is 2.16 bits per heavy atom. The number of hydrogen-bond donors (Lipinski definition) is 1. The van der Waals surface area contributed by atoms with Gasteiger partial charge in [0.25, 0.3) is 0 Å². The molecule has 2 aromatic heterocycles. The number of H-pyrrole nitrogens is 1. The average molecular weight is 423 g/mol. The van der Waals surface area contributed by atoms with E-state index in [1.54, 1.807) is 0 Å². The van der Waals surface area contributed by atoms with E-state index in [2.05, 4.69) is 37.7 Å². The Kier molecular flexibility index (Phi) is 5.70. The summed E-state index contributed by atoms with van der Waals surface area (Å²) in [7, 11) is 0. The van der Waals surface area contributed by atoms with Gasteiger partial charge in [-0.1, -0.05) is 48.5 Å². The van der Waals surface area contributed by atoms with Crippen LogP contribution in [-0.2, 0) is 19.6 Å². The number of para-hydroxylation sites is 1. The molecular weight excluding hydrogens is 402 g/mol. The van der Waals surface area contributed by atoms with E-state index >= 15 is 0 Å². The third-order valence-corrected chi connectivity index (χ3v) is 5.06. The SMILES string of the molecule is c1ccc2nc(COc3ccc(COc4ccc(Cc5nnn[nH]5)cc4)cc3)ccc2c1. The monoisotopic (exact) mass is 423 g/mol. The summed E-state index contributed by atoms with van der Waals surface area (Å²) in [6, 6.07) is 28.0. The van der Waals surface area contributed by atoms with Crippen LogP contribution in [0, 0.1) is 0 Å². The van der Waals surface area contributed by atoms with E-state index in [1.165, 1.54) is 0 Å². The van der Waals surface area contributed by atoms with Gasteiger partial charge in [0.15, 0.2) is 5.82 Å². The number of fused-ring (bicyclic) bond motifs is 1. The number of nitrogens with one attached hydrogen (secondary N) is 1. The fourth-order valence-corrected chi connectivity index (χ4v) is 3.35. The molecule has 5 rings (SSSR count). The molecule has 0 aliphatic heterocycles. The number of aromatic amines is 1. The minimum atomic E-state index is 0.428. The third-order valence-electron chi connectivity index (χ3n) is 5.06. The maximum atomic E-state index is 5.90. The van der Waals surface area contributed by atoms with Gasteiger partial charge in [0.05, 0.1) is 11.2 Å². The minimum Gasteiger partial charge on any atom is -0.489 e. The van der Waals surface area contributed by atoms with Crippen molar-refractivity contribution < 1.29 is 9.47 Å². The second-order valence-electron chi connectivity index (χ2n) is 7.39.